The van der Waals surface area contributed by atoms with E-state index in [2.05, 4.69) is 39.4 Å². The molecule has 2 N–H and O–H groups in total. The number of carbonyl (C=O) groups is 2. The van der Waals surface area contributed by atoms with Gasteiger partial charge in [0.2, 0.25) is 17.8 Å². The van der Waals surface area contributed by atoms with Gasteiger partial charge in [0.1, 0.15) is 17.7 Å². The van der Waals surface area contributed by atoms with E-state index >= 15 is 0 Å². The Hall–Kier alpha value is -3.97. The number of hydrogen-bond donors (Lipinski definition) is 2. The Balaban J connectivity index is 1.56. The fourth-order valence-electron chi connectivity index (χ4n) is 4.35. The van der Waals surface area contributed by atoms with E-state index in [1.807, 2.05) is 30.8 Å². The van der Waals surface area contributed by atoms with Crippen molar-refractivity contribution in [3.63, 3.8) is 0 Å². The molecular formula is C30H40FN7O2. The highest BCUT2D eigenvalue weighted by molar-refractivity contribution is 5.93. The molecule has 1 aliphatic rings. The van der Waals surface area contributed by atoms with Crippen LogP contribution in [0.3, 0.4) is 0 Å². The quantitative estimate of drug-likeness (QED) is 0.236. The molecule has 10 heteroatoms. The van der Waals surface area contributed by atoms with Crippen LogP contribution in [0, 0.1) is 17.7 Å². The smallest absolute Gasteiger partial charge is 0.246 e. The molecule has 1 aromatic carbocycles. The molecule has 1 fully saturated rings. The Kier molecular flexibility index (Phi) is 11.5. The molecule has 2 heterocycles. The van der Waals surface area contributed by atoms with Gasteiger partial charge in [-0.1, -0.05) is 30.9 Å². The summed E-state index contributed by atoms with van der Waals surface area (Å²) in [6.07, 6.45) is 7.84. The number of halogens is 1. The highest BCUT2D eigenvalue weighted by atomic mass is 19.1. The summed E-state index contributed by atoms with van der Waals surface area (Å²) < 4.78 is 13.5. The molecule has 1 saturated heterocycles. The molecule has 1 unspecified atom stereocenters. The Bertz CT molecular complexity index is 1250. The summed E-state index contributed by atoms with van der Waals surface area (Å²) >= 11 is 0. The Morgan fingerprint density at radius 3 is 2.83 bits per heavy atom. The minimum atomic E-state index is -0.443. The summed E-state index contributed by atoms with van der Waals surface area (Å²) in [7, 11) is 5.56. The first-order valence-corrected chi connectivity index (χ1v) is 13.7. The van der Waals surface area contributed by atoms with Crippen molar-refractivity contribution in [2.24, 2.45) is 0 Å². The van der Waals surface area contributed by atoms with Gasteiger partial charge in [0, 0.05) is 50.9 Å². The van der Waals surface area contributed by atoms with Crippen LogP contribution < -0.4 is 10.6 Å². The molecule has 0 bridgehead atoms. The van der Waals surface area contributed by atoms with Crippen LogP contribution in [0.25, 0.3) is 0 Å². The lowest BCUT2D eigenvalue weighted by Crippen LogP contribution is -2.42. The summed E-state index contributed by atoms with van der Waals surface area (Å²) in [5.41, 5.74) is 1.23. The molecule has 1 aliphatic heterocycles. The monoisotopic (exact) mass is 549 g/mol. The number of benzene rings is 1. The van der Waals surface area contributed by atoms with Crippen LogP contribution in [0.15, 0.2) is 42.6 Å². The standard InChI is InChI=1S/C30H40FN7O2/c1-6-16-32-28-23(21-33-30(35-28)34-25-14-10-13-24(31)20-25)12-8-7-9-18-38-22(2)19-26(29(38)40)37(5)27(39)15-11-17-36(3)4/h10-11,13-15,20-22,26H,6-7,9,16-19H2,1-5H3,(H2,32,33,34,35)/b15-11+/t22?,26-/m0/s1. The molecule has 0 saturated carbocycles. The molecule has 0 spiro atoms. The number of likely N-dealkylation sites (N-methyl/N-ethyl adjacent to an activating group) is 2. The van der Waals surface area contributed by atoms with Crippen molar-refractivity contribution in [3.8, 4) is 11.8 Å². The highest BCUT2D eigenvalue weighted by Gasteiger charge is 2.40. The van der Waals surface area contributed by atoms with Gasteiger partial charge in [0.25, 0.3) is 0 Å². The van der Waals surface area contributed by atoms with E-state index in [9.17, 15) is 14.0 Å². The molecule has 0 aliphatic carbocycles. The van der Waals surface area contributed by atoms with Gasteiger partial charge in [-0.2, -0.15) is 4.98 Å². The molecule has 3 rings (SSSR count). The first-order chi connectivity index (χ1) is 19.2. The fraction of sp³-hybridized carbons (Fsp3) is 0.467. The SMILES string of the molecule is CCCNc1nc(Nc2cccc(F)c2)ncc1C#CCCCN1C(=O)[C@@H](N(C)C(=O)/C=C/CN(C)C)CC1C. The topological polar surface area (TPSA) is 93.7 Å². The number of nitrogens with one attached hydrogen (secondary N) is 2. The van der Waals surface area contributed by atoms with Crippen LogP contribution in [-0.4, -0.2) is 89.3 Å². The minimum absolute atomic E-state index is 0.0156. The van der Waals surface area contributed by atoms with Gasteiger partial charge in [-0.05, 0) is 58.5 Å². The van der Waals surface area contributed by atoms with E-state index in [0.717, 1.165) is 13.0 Å². The molecule has 2 atom stereocenters. The van der Waals surface area contributed by atoms with Crippen LogP contribution in [0.4, 0.5) is 21.8 Å². The van der Waals surface area contributed by atoms with Crippen molar-refractivity contribution in [2.45, 2.75) is 51.6 Å². The van der Waals surface area contributed by atoms with Crippen LogP contribution in [0.5, 0.6) is 0 Å². The van der Waals surface area contributed by atoms with E-state index in [-0.39, 0.29) is 23.7 Å². The zero-order valence-electron chi connectivity index (χ0n) is 24.1. The lowest BCUT2D eigenvalue weighted by molar-refractivity contribution is -0.138. The van der Waals surface area contributed by atoms with Crippen molar-refractivity contribution in [2.75, 3.05) is 51.4 Å². The van der Waals surface area contributed by atoms with Crippen LogP contribution in [0.2, 0.25) is 0 Å². The number of amides is 2. The van der Waals surface area contributed by atoms with Gasteiger partial charge >= 0.3 is 0 Å². The fourth-order valence-corrected chi connectivity index (χ4v) is 4.35. The van der Waals surface area contributed by atoms with E-state index in [4.69, 9.17) is 0 Å². The molecule has 40 heavy (non-hydrogen) atoms. The first kappa shape index (κ1) is 30.6. The summed E-state index contributed by atoms with van der Waals surface area (Å²) in [6, 6.07) is 5.73. The number of unbranched alkanes of at least 4 members (excludes halogenated alkanes) is 1. The third kappa shape index (κ3) is 8.78. The number of aromatic nitrogens is 2. The lowest BCUT2D eigenvalue weighted by atomic mass is 10.1. The first-order valence-electron chi connectivity index (χ1n) is 13.7. The second kappa shape index (κ2) is 15.0. The Labute approximate surface area is 236 Å². The van der Waals surface area contributed by atoms with Crippen molar-refractivity contribution in [3.05, 3.63) is 54.0 Å². The maximum absolute atomic E-state index is 13.5. The van der Waals surface area contributed by atoms with Gasteiger partial charge in [-0.3, -0.25) is 9.59 Å². The average Bonchev–Trinajstić information content (AvgIpc) is 3.20. The zero-order valence-corrected chi connectivity index (χ0v) is 24.1. The van der Waals surface area contributed by atoms with Crippen molar-refractivity contribution in [1.82, 2.24) is 24.7 Å². The van der Waals surface area contributed by atoms with E-state index in [0.29, 0.717) is 55.4 Å². The van der Waals surface area contributed by atoms with Gasteiger partial charge in [-0.25, -0.2) is 9.37 Å². The largest absolute Gasteiger partial charge is 0.369 e. The van der Waals surface area contributed by atoms with Crippen LogP contribution in [-0.2, 0) is 9.59 Å². The number of anilines is 3. The second-order valence-corrected chi connectivity index (χ2v) is 10.2. The van der Waals surface area contributed by atoms with Gasteiger partial charge in [-0.15, -0.1) is 0 Å². The number of rotatable bonds is 12. The minimum Gasteiger partial charge on any atom is -0.369 e. The van der Waals surface area contributed by atoms with Crippen LogP contribution >= 0.6 is 0 Å². The average molecular weight is 550 g/mol. The van der Waals surface area contributed by atoms with Crippen molar-refractivity contribution >= 4 is 29.3 Å². The van der Waals surface area contributed by atoms with E-state index in [1.165, 1.54) is 18.2 Å². The molecule has 9 nitrogen and oxygen atoms in total. The van der Waals surface area contributed by atoms with Gasteiger partial charge in [0.05, 0.1) is 11.8 Å². The Morgan fingerprint density at radius 1 is 1.30 bits per heavy atom. The Morgan fingerprint density at radius 2 is 2.10 bits per heavy atom. The summed E-state index contributed by atoms with van der Waals surface area (Å²) in [4.78, 5) is 39.8. The lowest BCUT2D eigenvalue weighted by Gasteiger charge is -2.23. The summed E-state index contributed by atoms with van der Waals surface area (Å²) in [6.45, 7) is 6.06. The maximum atomic E-state index is 13.5. The molecule has 214 valence electrons. The highest BCUT2D eigenvalue weighted by Crippen LogP contribution is 2.23. The third-order valence-electron chi connectivity index (χ3n) is 6.55. The van der Waals surface area contributed by atoms with E-state index < -0.39 is 6.04 Å². The normalized spacial score (nSPS) is 16.8. The molecule has 0 radical (unpaired) electrons. The number of likely N-dealkylation sites (tertiary alicyclic amines) is 1. The second-order valence-electron chi connectivity index (χ2n) is 10.2. The predicted octanol–water partition coefficient (Wildman–Crippen LogP) is 3.88. The molecule has 1 aromatic heterocycles. The van der Waals surface area contributed by atoms with E-state index in [1.54, 1.807) is 36.4 Å². The third-order valence-corrected chi connectivity index (χ3v) is 6.55. The molecular weight excluding hydrogens is 509 g/mol. The van der Waals surface area contributed by atoms with Crippen LogP contribution in [0.1, 0.15) is 45.1 Å². The van der Waals surface area contributed by atoms with Gasteiger partial charge < -0.3 is 25.3 Å². The summed E-state index contributed by atoms with van der Waals surface area (Å²) in [5.74, 6) is 6.77. The summed E-state index contributed by atoms with van der Waals surface area (Å²) in [5, 5.41) is 6.30. The van der Waals surface area contributed by atoms with Gasteiger partial charge in [0.15, 0.2) is 0 Å². The van der Waals surface area contributed by atoms with Crippen molar-refractivity contribution in [1.29, 1.82) is 0 Å². The predicted molar refractivity (Wildman–Crippen MR) is 157 cm³/mol. The number of nitrogens with zero attached hydrogens (tertiary/aromatic N) is 5. The maximum Gasteiger partial charge on any atom is 0.246 e. The number of hydrogen-bond acceptors (Lipinski definition) is 7. The molecule has 2 aromatic rings. The number of carbonyl (C=O) groups excluding carboxylic acids is 2. The zero-order chi connectivity index (χ0) is 29.1. The molecule has 2 amide bonds. The van der Waals surface area contributed by atoms with Crippen molar-refractivity contribution < 1.29 is 14.0 Å².